The van der Waals surface area contributed by atoms with Crippen LogP contribution in [0.25, 0.3) is 0 Å². The van der Waals surface area contributed by atoms with E-state index in [0.717, 1.165) is 36.3 Å². The fourth-order valence-electron chi connectivity index (χ4n) is 2.29. The van der Waals surface area contributed by atoms with Crippen LogP contribution in [0.5, 0.6) is 5.75 Å². The van der Waals surface area contributed by atoms with E-state index in [9.17, 15) is 9.90 Å². The number of hydrogen-bond donors (Lipinski definition) is 3. The number of aryl methyl sites for hydroxylation is 2. The van der Waals surface area contributed by atoms with Crippen LogP contribution in [0.3, 0.4) is 0 Å². The zero-order valence-electron chi connectivity index (χ0n) is 10.9. The molecule has 1 aliphatic rings. The summed E-state index contributed by atoms with van der Waals surface area (Å²) < 4.78 is 0. The zero-order chi connectivity index (χ0) is 13.1. The van der Waals surface area contributed by atoms with Gasteiger partial charge in [0.2, 0.25) is 5.91 Å². The molecular weight excluding hydrogens is 228 g/mol. The summed E-state index contributed by atoms with van der Waals surface area (Å²) in [6.45, 7) is 5.65. The van der Waals surface area contributed by atoms with Gasteiger partial charge in [0.1, 0.15) is 5.75 Å². The number of nitrogens with one attached hydrogen (secondary N) is 2. The fraction of sp³-hybridized carbons (Fsp3) is 0.500. The van der Waals surface area contributed by atoms with Crippen molar-refractivity contribution in [3.05, 3.63) is 23.3 Å². The van der Waals surface area contributed by atoms with E-state index in [2.05, 4.69) is 10.6 Å². The van der Waals surface area contributed by atoms with Gasteiger partial charge in [-0.15, -0.1) is 0 Å². The Labute approximate surface area is 107 Å². The second kappa shape index (κ2) is 5.40. The first-order chi connectivity index (χ1) is 8.56. The van der Waals surface area contributed by atoms with Crippen LogP contribution >= 0.6 is 0 Å². The summed E-state index contributed by atoms with van der Waals surface area (Å²) in [5.74, 6) is 0.769. The van der Waals surface area contributed by atoms with Gasteiger partial charge in [-0.05, 0) is 62.5 Å². The van der Waals surface area contributed by atoms with Crippen LogP contribution in [0, 0.1) is 19.8 Å². The predicted octanol–water partition coefficient (Wildman–Crippen LogP) is 1.95. The third-order valence-corrected chi connectivity index (χ3v) is 3.45. The van der Waals surface area contributed by atoms with Crippen molar-refractivity contribution >= 4 is 11.6 Å². The minimum Gasteiger partial charge on any atom is -0.508 e. The lowest BCUT2D eigenvalue weighted by Gasteiger charge is -2.12. The Hall–Kier alpha value is -1.55. The molecule has 1 saturated heterocycles. The van der Waals surface area contributed by atoms with Crippen molar-refractivity contribution in [2.24, 2.45) is 5.92 Å². The standard InChI is InChI=1S/C14H20N2O2/c1-9-6-13(17)10(2)5-12(9)16-14(18)7-11-3-4-15-8-11/h5-6,11,15,17H,3-4,7-8H2,1-2H3,(H,16,18). The van der Waals surface area contributed by atoms with Crippen LogP contribution in [0.4, 0.5) is 5.69 Å². The molecule has 1 amide bonds. The summed E-state index contributed by atoms with van der Waals surface area (Å²) >= 11 is 0. The molecule has 4 nitrogen and oxygen atoms in total. The molecule has 0 saturated carbocycles. The SMILES string of the molecule is Cc1cc(NC(=O)CC2CCNC2)c(C)cc1O. The van der Waals surface area contributed by atoms with Crippen LogP contribution in [0.15, 0.2) is 12.1 Å². The van der Waals surface area contributed by atoms with Crippen LogP contribution < -0.4 is 10.6 Å². The lowest BCUT2D eigenvalue weighted by molar-refractivity contribution is -0.116. The van der Waals surface area contributed by atoms with Crippen molar-refractivity contribution in [1.29, 1.82) is 0 Å². The zero-order valence-corrected chi connectivity index (χ0v) is 10.9. The minimum atomic E-state index is 0.0527. The van der Waals surface area contributed by atoms with Crippen LogP contribution in [-0.4, -0.2) is 24.1 Å². The lowest BCUT2D eigenvalue weighted by Crippen LogP contribution is -2.18. The lowest BCUT2D eigenvalue weighted by atomic mass is 10.0. The number of anilines is 1. The van der Waals surface area contributed by atoms with Crippen molar-refractivity contribution in [3.8, 4) is 5.75 Å². The summed E-state index contributed by atoms with van der Waals surface area (Å²) in [5, 5.41) is 15.8. The van der Waals surface area contributed by atoms with Gasteiger partial charge in [0.15, 0.2) is 0 Å². The number of phenols is 1. The molecule has 3 N–H and O–H groups in total. The fourth-order valence-corrected chi connectivity index (χ4v) is 2.29. The van der Waals surface area contributed by atoms with Gasteiger partial charge in [-0.1, -0.05) is 0 Å². The highest BCUT2D eigenvalue weighted by molar-refractivity contribution is 5.91. The van der Waals surface area contributed by atoms with E-state index in [1.807, 2.05) is 19.9 Å². The second-order valence-corrected chi connectivity index (χ2v) is 5.06. The van der Waals surface area contributed by atoms with Gasteiger partial charge in [0.05, 0.1) is 0 Å². The summed E-state index contributed by atoms with van der Waals surface area (Å²) in [6.07, 6.45) is 1.63. The molecule has 0 bridgehead atoms. The normalized spacial score (nSPS) is 18.9. The topological polar surface area (TPSA) is 61.4 Å². The number of carbonyl (C=O) groups excluding carboxylic acids is 1. The van der Waals surface area contributed by atoms with E-state index in [1.165, 1.54) is 0 Å². The molecule has 0 radical (unpaired) electrons. The first-order valence-corrected chi connectivity index (χ1v) is 6.37. The average molecular weight is 248 g/mol. The summed E-state index contributed by atoms with van der Waals surface area (Å²) in [4.78, 5) is 11.9. The predicted molar refractivity (Wildman–Crippen MR) is 71.8 cm³/mol. The summed E-state index contributed by atoms with van der Waals surface area (Å²) in [7, 11) is 0. The van der Waals surface area contributed by atoms with Gasteiger partial charge >= 0.3 is 0 Å². The number of phenolic OH excluding ortho intramolecular Hbond substituents is 1. The molecule has 1 heterocycles. The quantitative estimate of drug-likeness (QED) is 0.716. The molecule has 1 aromatic carbocycles. The molecule has 0 spiro atoms. The van der Waals surface area contributed by atoms with Crippen molar-refractivity contribution in [1.82, 2.24) is 5.32 Å². The van der Waals surface area contributed by atoms with E-state index in [0.29, 0.717) is 12.3 Å². The van der Waals surface area contributed by atoms with E-state index in [-0.39, 0.29) is 11.7 Å². The minimum absolute atomic E-state index is 0.0527. The van der Waals surface area contributed by atoms with E-state index in [1.54, 1.807) is 6.07 Å². The average Bonchev–Trinajstić information content (AvgIpc) is 2.78. The maximum atomic E-state index is 11.9. The third kappa shape index (κ3) is 3.01. The first kappa shape index (κ1) is 12.9. The third-order valence-electron chi connectivity index (χ3n) is 3.45. The molecule has 1 aliphatic heterocycles. The Kier molecular flexibility index (Phi) is 3.87. The van der Waals surface area contributed by atoms with Gasteiger partial charge in [0.25, 0.3) is 0 Å². The van der Waals surface area contributed by atoms with Gasteiger partial charge in [0, 0.05) is 12.1 Å². The Morgan fingerprint density at radius 3 is 2.89 bits per heavy atom. The Morgan fingerprint density at radius 1 is 1.44 bits per heavy atom. The molecular formula is C14H20N2O2. The monoisotopic (exact) mass is 248 g/mol. The van der Waals surface area contributed by atoms with Gasteiger partial charge in [-0.3, -0.25) is 4.79 Å². The molecule has 18 heavy (non-hydrogen) atoms. The molecule has 2 rings (SSSR count). The molecule has 1 aromatic rings. The molecule has 98 valence electrons. The molecule has 1 atom stereocenters. The molecule has 0 aliphatic carbocycles. The van der Waals surface area contributed by atoms with E-state index >= 15 is 0 Å². The molecule has 1 fully saturated rings. The number of carbonyl (C=O) groups is 1. The van der Waals surface area contributed by atoms with Gasteiger partial charge < -0.3 is 15.7 Å². The molecule has 0 aromatic heterocycles. The highest BCUT2D eigenvalue weighted by atomic mass is 16.3. The highest BCUT2D eigenvalue weighted by Crippen LogP contribution is 2.25. The second-order valence-electron chi connectivity index (χ2n) is 5.06. The Morgan fingerprint density at radius 2 is 2.22 bits per heavy atom. The van der Waals surface area contributed by atoms with E-state index in [4.69, 9.17) is 0 Å². The number of aromatic hydroxyl groups is 1. The van der Waals surface area contributed by atoms with Crippen LogP contribution in [0.1, 0.15) is 24.0 Å². The summed E-state index contributed by atoms with van der Waals surface area (Å²) in [5.41, 5.74) is 2.45. The highest BCUT2D eigenvalue weighted by Gasteiger charge is 2.18. The number of benzene rings is 1. The smallest absolute Gasteiger partial charge is 0.224 e. The van der Waals surface area contributed by atoms with Crippen molar-refractivity contribution in [2.75, 3.05) is 18.4 Å². The van der Waals surface area contributed by atoms with Crippen LogP contribution in [0.2, 0.25) is 0 Å². The Bertz CT molecular complexity index is 451. The van der Waals surface area contributed by atoms with Gasteiger partial charge in [-0.2, -0.15) is 0 Å². The Balaban J connectivity index is 2.00. The maximum Gasteiger partial charge on any atom is 0.224 e. The summed E-state index contributed by atoms with van der Waals surface area (Å²) in [6, 6.07) is 3.50. The first-order valence-electron chi connectivity index (χ1n) is 6.37. The molecule has 4 heteroatoms. The van der Waals surface area contributed by atoms with Crippen molar-refractivity contribution < 1.29 is 9.90 Å². The van der Waals surface area contributed by atoms with Crippen molar-refractivity contribution in [3.63, 3.8) is 0 Å². The maximum absolute atomic E-state index is 11.9. The largest absolute Gasteiger partial charge is 0.508 e. The van der Waals surface area contributed by atoms with Crippen LogP contribution in [-0.2, 0) is 4.79 Å². The molecule has 1 unspecified atom stereocenters. The van der Waals surface area contributed by atoms with E-state index < -0.39 is 0 Å². The van der Waals surface area contributed by atoms with Crippen molar-refractivity contribution in [2.45, 2.75) is 26.7 Å². The number of amides is 1. The van der Waals surface area contributed by atoms with Gasteiger partial charge in [-0.25, -0.2) is 0 Å². The number of rotatable bonds is 3. The number of hydrogen-bond acceptors (Lipinski definition) is 3.